The van der Waals surface area contributed by atoms with Crippen molar-refractivity contribution < 1.29 is 36.3 Å². The number of amides is 2. The molecule has 0 aliphatic heterocycles. The Kier molecular flexibility index (Phi) is 7.13. The van der Waals surface area contributed by atoms with Crippen LogP contribution in [0.3, 0.4) is 0 Å². The second-order valence-electron chi connectivity index (χ2n) is 5.85. The van der Waals surface area contributed by atoms with Gasteiger partial charge in [-0.15, -0.1) is 0 Å². The second kappa shape index (κ2) is 9.35. The molecular formula is C19H17F5N2O3. The fourth-order valence-corrected chi connectivity index (χ4v) is 2.53. The third-order valence-corrected chi connectivity index (χ3v) is 3.82. The Hall–Kier alpha value is -3.17. The molecule has 0 atom stereocenters. The van der Waals surface area contributed by atoms with Gasteiger partial charge in [0.1, 0.15) is 5.75 Å². The molecule has 0 aromatic heterocycles. The zero-order valence-electron chi connectivity index (χ0n) is 15.2. The van der Waals surface area contributed by atoms with Gasteiger partial charge in [-0.1, -0.05) is 24.3 Å². The lowest BCUT2D eigenvalue weighted by molar-refractivity contribution is -0.185. The first-order chi connectivity index (χ1) is 13.6. The largest absolute Gasteiger partial charge is 0.471 e. The molecule has 0 saturated carbocycles. The lowest BCUT2D eigenvalue weighted by Crippen LogP contribution is -2.40. The number of benzene rings is 2. The number of hydrogen-bond acceptors (Lipinski definition) is 3. The third kappa shape index (κ3) is 6.16. The summed E-state index contributed by atoms with van der Waals surface area (Å²) in [4.78, 5) is 24.4. The van der Waals surface area contributed by atoms with Gasteiger partial charge in [-0.05, 0) is 36.8 Å². The predicted octanol–water partition coefficient (Wildman–Crippen LogP) is 4.45. The van der Waals surface area contributed by atoms with Crippen LogP contribution in [0.5, 0.6) is 5.75 Å². The van der Waals surface area contributed by atoms with E-state index in [4.69, 9.17) is 0 Å². The molecule has 0 bridgehead atoms. The molecule has 0 aliphatic rings. The number of alkyl halides is 5. The van der Waals surface area contributed by atoms with Crippen molar-refractivity contribution in [1.29, 1.82) is 0 Å². The Labute approximate surface area is 163 Å². The molecule has 2 aromatic carbocycles. The Balaban J connectivity index is 2.16. The summed E-state index contributed by atoms with van der Waals surface area (Å²) in [6.45, 7) is -2.18. The molecule has 156 valence electrons. The minimum absolute atomic E-state index is 0.138. The van der Waals surface area contributed by atoms with Crippen LogP contribution in [0.1, 0.15) is 22.8 Å². The summed E-state index contributed by atoms with van der Waals surface area (Å²) in [5.74, 6) is -3.02. The number of ether oxygens (including phenoxy) is 1. The van der Waals surface area contributed by atoms with Crippen molar-refractivity contribution in [3.8, 4) is 5.75 Å². The van der Waals surface area contributed by atoms with Gasteiger partial charge in [-0.3, -0.25) is 9.59 Å². The van der Waals surface area contributed by atoms with E-state index in [2.05, 4.69) is 10.1 Å². The van der Waals surface area contributed by atoms with E-state index < -0.39 is 24.6 Å². The number of carbonyl (C=O) groups is 2. The van der Waals surface area contributed by atoms with Crippen molar-refractivity contribution in [1.82, 2.24) is 4.90 Å². The van der Waals surface area contributed by atoms with E-state index in [-0.39, 0.29) is 30.1 Å². The quantitative estimate of drug-likeness (QED) is 0.679. The number of hydrogen-bond donors (Lipinski definition) is 1. The Morgan fingerprint density at radius 3 is 2.41 bits per heavy atom. The van der Waals surface area contributed by atoms with Crippen LogP contribution in [0.4, 0.5) is 27.6 Å². The Bertz CT molecular complexity index is 871. The van der Waals surface area contributed by atoms with Crippen molar-refractivity contribution >= 4 is 17.5 Å². The molecule has 0 radical (unpaired) electrons. The van der Waals surface area contributed by atoms with Crippen molar-refractivity contribution in [2.45, 2.75) is 26.3 Å². The van der Waals surface area contributed by atoms with E-state index in [0.717, 1.165) is 0 Å². The molecule has 5 nitrogen and oxygen atoms in total. The highest BCUT2D eigenvalue weighted by molar-refractivity contribution is 6.06. The lowest BCUT2D eigenvalue weighted by Gasteiger charge is -2.22. The van der Waals surface area contributed by atoms with Crippen molar-refractivity contribution in [3.05, 3.63) is 59.7 Å². The summed E-state index contributed by atoms with van der Waals surface area (Å²) in [6, 6.07) is 11.2. The van der Waals surface area contributed by atoms with Gasteiger partial charge in [0.25, 0.3) is 5.91 Å². The number of para-hydroxylation sites is 1. The van der Waals surface area contributed by atoms with Crippen LogP contribution >= 0.6 is 0 Å². The number of nitrogens with one attached hydrogen (secondary N) is 1. The van der Waals surface area contributed by atoms with E-state index in [1.54, 1.807) is 0 Å². The average Bonchev–Trinajstić information content (AvgIpc) is 2.65. The fraction of sp³-hybridized carbons (Fsp3) is 0.263. The van der Waals surface area contributed by atoms with Gasteiger partial charge in [-0.2, -0.15) is 22.0 Å². The minimum Gasteiger partial charge on any atom is -0.434 e. The third-order valence-electron chi connectivity index (χ3n) is 3.82. The standard InChI is InChI=1S/C19H17F5N2O3/c1-2-26(17(28)19(22,23)24)11-12-6-5-7-13(10-12)25-16(27)14-8-3-4-9-15(14)29-18(20)21/h3-10,18H,2,11H2,1H3,(H,25,27). The van der Waals surface area contributed by atoms with E-state index in [0.29, 0.717) is 10.5 Å². The zero-order chi connectivity index (χ0) is 21.6. The van der Waals surface area contributed by atoms with Crippen LogP contribution in [0, 0.1) is 0 Å². The first-order valence-electron chi connectivity index (χ1n) is 8.42. The van der Waals surface area contributed by atoms with E-state index in [9.17, 15) is 31.5 Å². The van der Waals surface area contributed by atoms with Gasteiger partial charge in [-0.25, -0.2) is 0 Å². The zero-order valence-corrected chi connectivity index (χ0v) is 15.2. The maximum Gasteiger partial charge on any atom is 0.471 e. The maximum atomic E-state index is 12.6. The molecule has 10 heteroatoms. The smallest absolute Gasteiger partial charge is 0.434 e. The summed E-state index contributed by atoms with van der Waals surface area (Å²) < 4.78 is 67.2. The molecule has 0 saturated heterocycles. The topological polar surface area (TPSA) is 58.6 Å². The molecule has 2 amide bonds. The Morgan fingerprint density at radius 1 is 1.10 bits per heavy atom. The van der Waals surface area contributed by atoms with E-state index >= 15 is 0 Å². The lowest BCUT2D eigenvalue weighted by atomic mass is 10.1. The summed E-state index contributed by atoms with van der Waals surface area (Å²) in [5, 5.41) is 2.47. The summed E-state index contributed by atoms with van der Waals surface area (Å²) >= 11 is 0. The van der Waals surface area contributed by atoms with E-state index in [1.165, 1.54) is 55.5 Å². The predicted molar refractivity (Wildman–Crippen MR) is 94.6 cm³/mol. The molecule has 0 heterocycles. The number of rotatable bonds is 7. The number of carbonyl (C=O) groups excluding carboxylic acids is 2. The number of halogens is 5. The first-order valence-corrected chi connectivity index (χ1v) is 8.42. The minimum atomic E-state index is -4.99. The average molecular weight is 416 g/mol. The van der Waals surface area contributed by atoms with E-state index in [1.807, 2.05) is 0 Å². The van der Waals surface area contributed by atoms with Gasteiger partial charge in [0, 0.05) is 18.8 Å². The molecule has 0 aliphatic carbocycles. The monoisotopic (exact) mass is 416 g/mol. The molecule has 1 N–H and O–H groups in total. The summed E-state index contributed by atoms with van der Waals surface area (Å²) in [5.41, 5.74) is 0.426. The molecule has 2 aromatic rings. The first kappa shape index (κ1) is 22.1. The van der Waals surface area contributed by atoms with Gasteiger partial charge < -0.3 is 15.0 Å². The van der Waals surface area contributed by atoms with Crippen molar-refractivity contribution in [2.75, 3.05) is 11.9 Å². The van der Waals surface area contributed by atoms with Gasteiger partial charge in [0.05, 0.1) is 5.56 Å². The van der Waals surface area contributed by atoms with Gasteiger partial charge in [0.2, 0.25) is 0 Å². The molecule has 2 rings (SSSR count). The van der Waals surface area contributed by atoms with Crippen LogP contribution < -0.4 is 10.1 Å². The highest BCUT2D eigenvalue weighted by Gasteiger charge is 2.41. The summed E-state index contributed by atoms with van der Waals surface area (Å²) in [7, 11) is 0. The highest BCUT2D eigenvalue weighted by Crippen LogP contribution is 2.23. The Morgan fingerprint density at radius 2 is 1.79 bits per heavy atom. The molecule has 29 heavy (non-hydrogen) atoms. The summed E-state index contributed by atoms with van der Waals surface area (Å²) in [6.07, 6.45) is -4.99. The molecule has 0 unspecified atom stereocenters. The SMILES string of the molecule is CCN(Cc1cccc(NC(=O)c2ccccc2OC(F)F)c1)C(=O)C(F)(F)F. The molecular weight excluding hydrogens is 399 g/mol. The number of anilines is 1. The van der Waals surface area contributed by atoms with Gasteiger partial charge >= 0.3 is 18.7 Å². The van der Waals surface area contributed by atoms with Crippen LogP contribution in [0.15, 0.2) is 48.5 Å². The van der Waals surface area contributed by atoms with Crippen molar-refractivity contribution in [3.63, 3.8) is 0 Å². The molecule has 0 spiro atoms. The van der Waals surface area contributed by atoms with Gasteiger partial charge in [0.15, 0.2) is 0 Å². The molecule has 0 fully saturated rings. The fourth-order valence-electron chi connectivity index (χ4n) is 2.53. The van der Waals surface area contributed by atoms with Crippen LogP contribution in [-0.4, -0.2) is 36.0 Å². The second-order valence-corrected chi connectivity index (χ2v) is 5.85. The highest BCUT2D eigenvalue weighted by atomic mass is 19.4. The van der Waals surface area contributed by atoms with Crippen molar-refractivity contribution in [2.24, 2.45) is 0 Å². The van der Waals surface area contributed by atoms with Crippen LogP contribution in [0.2, 0.25) is 0 Å². The number of nitrogens with zero attached hydrogens (tertiary/aromatic N) is 1. The maximum absolute atomic E-state index is 12.6. The van der Waals surface area contributed by atoms with Crippen LogP contribution in [0.25, 0.3) is 0 Å². The normalized spacial score (nSPS) is 11.3. The van der Waals surface area contributed by atoms with Crippen LogP contribution in [-0.2, 0) is 11.3 Å².